The van der Waals surface area contributed by atoms with Crippen molar-refractivity contribution in [2.75, 3.05) is 5.01 Å². The first kappa shape index (κ1) is 14.3. The van der Waals surface area contributed by atoms with Crippen LogP contribution in [0.3, 0.4) is 0 Å². The van der Waals surface area contributed by atoms with Gasteiger partial charge < -0.3 is 5.11 Å². The van der Waals surface area contributed by atoms with Gasteiger partial charge in [0.2, 0.25) is 0 Å². The topological polar surface area (TPSA) is 52.9 Å². The van der Waals surface area contributed by atoms with Crippen molar-refractivity contribution < 1.29 is 9.90 Å². The lowest BCUT2D eigenvalue weighted by Crippen LogP contribution is -2.19. The summed E-state index contributed by atoms with van der Waals surface area (Å²) in [5.74, 6) is -0.951. The number of aryl methyl sites for hydroxylation is 2. The van der Waals surface area contributed by atoms with Gasteiger partial charge in [0, 0.05) is 6.42 Å². The predicted octanol–water partition coefficient (Wildman–Crippen LogP) is 3.70. The molecular formula is C18H18N2O2. The molecule has 0 radical (unpaired) electrons. The summed E-state index contributed by atoms with van der Waals surface area (Å²) in [6.45, 7) is 4.05. The Morgan fingerprint density at radius 2 is 1.82 bits per heavy atom. The molecule has 1 heterocycles. The minimum Gasteiger partial charge on any atom is -0.477 e. The van der Waals surface area contributed by atoms with E-state index in [9.17, 15) is 9.90 Å². The first-order valence-corrected chi connectivity index (χ1v) is 7.28. The van der Waals surface area contributed by atoms with Crippen LogP contribution < -0.4 is 5.01 Å². The van der Waals surface area contributed by atoms with Gasteiger partial charge in [0.15, 0.2) is 0 Å². The normalized spacial score (nSPS) is 17.5. The quantitative estimate of drug-likeness (QED) is 0.939. The second-order valence-corrected chi connectivity index (χ2v) is 5.61. The zero-order valence-corrected chi connectivity index (χ0v) is 12.7. The molecule has 22 heavy (non-hydrogen) atoms. The molecule has 0 spiro atoms. The minimum atomic E-state index is -0.951. The number of anilines is 1. The predicted molar refractivity (Wildman–Crippen MR) is 87.3 cm³/mol. The number of hydrogen-bond donors (Lipinski definition) is 1. The van der Waals surface area contributed by atoms with E-state index in [4.69, 9.17) is 0 Å². The van der Waals surface area contributed by atoms with E-state index in [1.54, 1.807) is 0 Å². The van der Waals surface area contributed by atoms with E-state index < -0.39 is 5.97 Å². The van der Waals surface area contributed by atoms with Crippen molar-refractivity contribution in [3.05, 3.63) is 65.2 Å². The van der Waals surface area contributed by atoms with E-state index in [1.807, 2.05) is 67.4 Å². The monoisotopic (exact) mass is 294 g/mol. The molecule has 0 fully saturated rings. The summed E-state index contributed by atoms with van der Waals surface area (Å²) in [7, 11) is 0. The van der Waals surface area contributed by atoms with Crippen LogP contribution in [0.2, 0.25) is 0 Å². The number of carboxylic acid groups (broad SMARTS) is 1. The standard InChI is InChI=1S/C18H18N2O2/c1-12-7-9-14(10-8-12)17-11-15(18(21)22)19-20(17)16-6-4-3-5-13(16)2/h3-10,17H,11H2,1-2H3,(H,21,22). The average Bonchev–Trinajstić information content (AvgIpc) is 2.94. The van der Waals surface area contributed by atoms with Crippen LogP contribution in [0.15, 0.2) is 53.6 Å². The van der Waals surface area contributed by atoms with Crippen molar-refractivity contribution in [2.45, 2.75) is 26.3 Å². The molecule has 1 N–H and O–H groups in total. The average molecular weight is 294 g/mol. The molecule has 0 saturated carbocycles. The Kier molecular flexibility index (Phi) is 3.67. The maximum absolute atomic E-state index is 11.3. The number of aliphatic carboxylic acids is 1. The van der Waals surface area contributed by atoms with E-state index in [0.717, 1.165) is 16.8 Å². The van der Waals surface area contributed by atoms with Crippen LogP contribution in [-0.2, 0) is 4.79 Å². The molecule has 1 aliphatic heterocycles. The van der Waals surface area contributed by atoms with Gasteiger partial charge in [-0.1, -0.05) is 48.0 Å². The first-order chi connectivity index (χ1) is 10.6. The van der Waals surface area contributed by atoms with Gasteiger partial charge in [-0.25, -0.2) is 4.79 Å². The largest absolute Gasteiger partial charge is 0.477 e. The summed E-state index contributed by atoms with van der Waals surface area (Å²) in [5, 5.41) is 15.5. The number of para-hydroxylation sites is 1. The van der Waals surface area contributed by atoms with E-state index in [1.165, 1.54) is 5.56 Å². The summed E-state index contributed by atoms with van der Waals surface area (Å²) in [5.41, 5.74) is 4.49. The van der Waals surface area contributed by atoms with Crippen molar-refractivity contribution in [2.24, 2.45) is 5.10 Å². The fourth-order valence-electron chi connectivity index (χ4n) is 2.73. The number of rotatable bonds is 3. The molecule has 4 nitrogen and oxygen atoms in total. The molecule has 0 aliphatic carbocycles. The lowest BCUT2D eigenvalue weighted by Gasteiger charge is -2.25. The molecule has 112 valence electrons. The molecule has 1 unspecified atom stereocenters. The molecule has 3 rings (SSSR count). The SMILES string of the molecule is Cc1ccc(C2CC(C(=O)O)=NN2c2ccccc2C)cc1. The third-order valence-electron chi connectivity index (χ3n) is 3.98. The number of carboxylic acids is 1. The maximum atomic E-state index is 11.3. The molecule has 2 aromatic rings. The van der Waals surface area contributed by atoms with E-state index in [2.05, 4.69) is 5.10 Å². The Bertz CT molecular complexity index is 735. The zero-order chi connectivity index (χ0) is 15.7. The summed E-state index contributed by atoms with van der Waals surface area (Å²) >= 11 is 0. The molecule has 0 amide bonds. The lowest BCUT2D eigenvalue weighted by molar-refractivity contribution is -0.129. The highest BCUT2D eigenvalue weighted by Crippen LogP contribution is 2.36. The van der Waals surface area contributed by atoms with Gasteiger partial charge in [-0.15, -0.1) is 0 Å². The Labute approximate surface area is 129 Å². The van der Waals surface area contributed by atoms with Gasteiger partial charge >= 0.3 is 5.97 Å². The van der Waals surface area contributed by atoms with Crippen LogP contribution in [0.4, 0.5) is 5.69 Å². The minimum absolute atomic E-state index is 0.0761. The van der Waals surface area contributed by atoms with Crippen LogP contribution in [0, 0.1) is 13.8 Å². The van der Waals surface area contributed by atoms with Gasteiger partial charge in [-0.2, -0.15) is 5.10 Å². The maximum Gasteiger partial charge on any atom is 0.352 e. The fourth-order valence-corrected chi connectivity index (χ4v) is 2.73. The van der Waals surface area contributed by atoms with Crippen LogP contribution in [0.25, 0.3) is 0 Å². The Balaban J connectivity index is 2.04. The smallest absolute Gasteiger partial charge is 0.352 e. The molecule has 2 aromatic carbocycles. The van der Waals surface area contributed by atoms with Gasteiger partial charge in [0.25, 0.3) is 0 Å². The number of nitrogens with zero attached hydrogens (tertiary/aromatic N) is 2. The van der Waals surface area contributed by atoms with Crippen LogP contribution in [-0.4, -0.2) is 16.8 Å². The molecule has 1 aliphatic rings. The second kappa shape index (κ2) is 5.64. The Morgan fingerprint density at radius 3 is 2.45 bits per heavy atom. The summed E-state index contributed by atoms with van der Waals surface area (Å²) in [4.78, 5) is 11.3. The highest BCUT2D eigenvalue weighted by Gasteiger charge is 2.32. The van der Waals surface area contributed by atoms with Gasteiger partial charge in [-0.05, 0) is 31.0 Å². The lowest BCUT2D eigenvalue weighted by atomic mass is 10.00. The molecule has 4 heteroatoms. The Morgan fingerprint density at radius 1 is 1.14 bits per heavy atom. The van der Waals surface area contributed by atoms with Crippen molar-refractivity contribution in [3.63, 3.8) is 0 Å². The number of benzene rings is 2. The third-order valence-corrected chi connectivity index (χ3v) is 3.98. The fraction of sp³-hybridized carbons (Fsp3) is 0.222. The Hall–Kier alpha value is -2.62. The van der Waals surface area contributed by atoms with Gasteiger partial charge in [0.05, 0.1) is 11.7 Å². The molecule has 0 saturated heterocycles. The van der Waals surface area contributed by atoms with Crippen LogP contribution in [0.5, 0.6) is 0 Å². The molecule has 0 aromatic heterocycles. The molecule has 0 bridgehead atoms. The van der Waals surface area contributed by atoms with E-state index in [0.29, 0.717) is 6.42 Å². The summed E-state index contributed by atoms with van der Waals surface area (Å²) in [6, 6.07) is 16.0. The van der Waals surface area contributed by atoms with Gasteiger partial charge in [-0.3, -0.25) is 5.01 Å². The van der Waals surface area contributed by atoms with Crippen molar-refractivity contribution in [1.29, 1.82) is 0 Å². The number of carbonyl (C=O) groups is 1. The summed E-state index contributed by atoms with van der Waals surface area (Å²) in [6.07, 6.45) is 0.409. The van der Waals surface area contributed by atoms with Gasteiger partial charge in [0.1, 0.15) is 5.71 Å². The molecular weight excluding hydrogens is 276 g/mol. The summed E-state index contributed by atoms with van der Waals surface area (Å²) < 4.78 is 0. The van der Waals surface area contributed by atoms with Crippen LogP contribution >= 0.6 is 0 Å². The highest BCUT2D eigenvalue weighted by atomic mass is 16.4. The van der Waals surface area contributed by atoms with E-state index in [-0.39, 0.29) is 11.8 Å². The highest BCUT2D eigenvalue weighted by molar-refractivity contribution is 6.36. The van der Waals surface area contributed by atoms with Crippen LogP contribution in [0.1, 0.15) is 29.2 Å². The van der Waals surface area contributed by atoms with E-state index >= 15 is 0 Å². The number of hydrogen-bond acceptors (Lipinski definition) is 3. The van der Waals surface area contributed by atoms with Crippen molar-refractivity contribution in [3.8, 4) is 0 Å². The third kappa shape index (κ3) is 2.60. The zero-order valence-electron chi connectivity index (χ0n) is 12.7. The van der Waals surface area contributed by atoms with Crippen molar-refractivity contribution in [1.82, 2.24) is 0 Å². The first-order valence-electron chi connectivity index (χ1n) is 7.28. The second-order valence-electron chi connectivity index (χ2n) is 5.61. The number of hydrazone groups is 1. The van der Waals surface area contributed by atoms with Crippen molar-refractivity contribution >= 4 is 17.4 Å². The molecule has 1 atom stereocenters.